The van der Waals surface area contributed by atoms with E-state index in [0.29, 0.717) is 17.2 Å². The summed E-state index contributed by atoms with van der Waals surface area (Å²) in [5.41, 5.74) is 4.69. The van der Waals surface area contributed by atoms with Crippen LogP contribution >= 0.6 is 34.4 Å². The quantitative estimate of drug-likeness (QED) is 0.0714. The van der Waals surface area contributed by atoms with Crippen LogP contribution in [0.3, 0.4) is 0 Å². The molecule has 1 atom stereocenters. The van der Waals surface area contributed by atoms with E-state index >= 15 is 0 Å². The summed E-state index contributed by atoms with van der Waals surface area (Å²) >= 11 is 3.65. The van der Waals surface area contributed by atoms with Gasteiger partial charge < -0.3 is 16.0 Å². The number of carbonyl (C=O) groups is 3. The number of benzene rings is 5. The molecule has 3 N–H and O–H groups in total. The van der Waals surface area contributed by atoms with Gasteiger partial charge in [-0.25, -0.2) is 0 Å². The molecular formula is C39H34IN3O3S. The lowest BCUT2D eigenvalue weighted by Crippen LogP contribution is -2.30. The third-order valence-electron chi connectivity index (χ3n) is 7.26. The molecular weight excluding hydrogens is 717 g/mol. The monoisotopic (exact) mass is 751 g/mol. The number of amides is 3. The van der Waals surface area contributed by atoms with Crippen molar-refractivity contribution < 1.29 is 14.4 Å². The molecule has 5 rings (SSSR count). The number of hydrogen-bond donors (Lipinski definition) is 3. The Balaban J connectivity index is 1.33. The summed E-state index contributed by atoms with van der Waals surface area (Å²) < 4.78 is 1.09. The molecule has 0 aliphatic carbocycles. The van der Waals surface area contributed by atoms with Crippen molar-refractivity contribution >= 4 is 69.5 Å². The number of hydrogen-bond acceptors (Lipinski definition) is 4. The van der Waals surface area contributed by atoms with E-state index in [4.69, 9.17) is 0 Å². The Kier molecular flexibility index (Phi) is 11.6. The molecule has 236 valence electrons. The topological polar surface area (TPSA) is 87.3 Å². The van der Waals surface area contributed by atoms with Gasteiger partial charge in [0, 0.05) is 25.4 Å². The van der Waals surface area contributed by atoms with Gasteiger partial charge in [0.25, 0.3) is 11.8 Å². The van der Waals surface area contributed by atoms with Gasteiger partial charge >= 0.3 is 0 Å². The first-order valence-electron chi connectivity index (χ1n) is 15.1. The molecule has 3 amide bonds. The van der Waals surface area contributed by atoms with Crippen molar-refractivity contribution in [3.8, 4) is 0 Å². The molecule has 0 radical (unpaired) electrons. The maximum Gasteiger partial charge on any atom is 0.272 e. The number of halogens is 1. The van der Waals surface area contributed by atoms with Gasteiger partial charge in [-0.15, -0.1) is 11.8 Å². The summed E-state index contributed by atoms with van der Waals surface area (Å²) in [6.07, 6.45) is 1.67. The zero-order valence-electron chi connectivity index (χ0n) is 25.9. The fourth-order valence-corrected chi connectivity index (χ4v) is 6.06. The van der Waals surface area contributed by atoms with Gasteiger partial charge in [0.05, 0.1) is 0 Å². The molecule has 1 unspecified atom stereocenters. The highest BCUT2D eigenvalue weighted by Gasteiger charge is 2.22. The number of anilines is 2. The molecule has 47 heavy (non-hydrogen) atoms. The molecule has 5 aromatic carbocycles. The van der Waals surface area contributed by atoms with E-state index in [2.05, 4.69) is 52.4 Å². The maximum absolute atomic E-state index is 13.5. The lowest BCUT2D eigenvalue weighted by Gasteiger charge is -2.17. The van der Waals surface area contributed by atoms with Crippen molar-refractivity contribution in [1.82, 2.24) is 5.32 Å². The molecule has 8 heteroatoms. The number of carbonyl (C=O) groups excluding carboxylic acids is 3. The first-order valence-corrected chi connectivity index (χ1v) is 17.1. The van der Waals surface area contributed by atoms with Crippen molar-refractivity contribution in [2.75, 3.05) is 10.6 Å². The van der Waals surface area contributed by atoms with E-state index in [1.807, 2.05) is 97.1 Å². The lowest BCUT2D eigenvalue weighted by molar-refractivity contribution is -0.116. The van der Waals surface area contributed by atoms with Crippen molar-refractivity contribution in [2.45, 2.75) is 29.9 Å². The van der Waals surface area contributed by atoms with Gasteiger partial charge in [-0.05, 0) is 112 Å². The summed E-state index contributed by atoms with van der Waals surface area (Å²) in [4.78, 5) is 40.9. The maximum atomic E-state index is 13.5. The molecule has 0 bridgehead atoms. The highest BCUT2D eigenvalue weighted by Crippen LogP contribution is 2.37. The van der Waals surface area contributed by atoms with Gasteiger partial charge in [-0.3, -0.25) is 14.4 Å². The van der Waals surface area contributed by atoms with Gasteiger partial charge in [0.2, 0.25) is 5.91 Å². The van der Waals surface area contributed by atoms with Crippen molar-refractivity contribution in [3.63, 3.8) is 0 Å². The van der Waals surface area contributed by atoms with Crippen LogP contribution in [0.2, 0.25) is 0 Å². The highest BCUT2D eigenvalue weighted by atomic mass is 127. The van der Waals surface area contributed by atoms with Gasteiger partial charge in [-0.1, -0.05) is 86.6 Å². The van der Waals surface area contributed by atoms with Crippen molar-refractivity contribution in [3.05, 3.63) is 165 Å². The van der Waals surface area contributed by atoms with Gasteiger partial charge in [0.15, 0.2) is 0 Å². The summed E-state index contributed by atoms with van der Waals surface area (Å²) in [6, 6.07) is 41.3. The van der Waals surface area contributed by atoms with E-state index in [0.717, 1.165) is 25.3 Å². The van der Waals surface area contributed by atoms with Crippen molar-refractivity contribution in [1.29, 1.82) is 0 Å². The van der Waals surface area contributed by atoms with Crippen LogP contribution in [-0.2, 0) is 9.59 Å². The predicted molar refractivity (Wildman–Crippen MR) is 200 cm³/mol. The molecule has 0 saturated heterocycles. The average molecular weight is 752 g/mol. The van der Waals surface area contributed by atoms with Crippen LogP contribution in [0.1, 0.15) is 52.1 Å². The van der Waals surface area contributed by atoms with Crippen LogP contribution in [0.5, 0.6) is 0 Å². The Bertz CT molecular complexity index is 1840. The van der Waals surface area contributed by atoms with Crippen LogP contribution in [0.15, 0.2) is 144 Å². The SMILES string of the molecule is CC(C)c1ccc(/C=C(\NC(=O)c2ccccc2)C(=O)Nc2ccc(SC(C(=O)Nc3ccc(I)cc3)c3ccccc3)cc2)cc1. The molecule has 0 spiro atoms. The third kappa shape index (κ3) is 9.67. The van der Waals surface area contributed by atoms with Crippen LogP contribution in [-0.4, -0.2) is 17.7 Å². The summed E-state index contributed by atoms with van der Waals surface area (Å²) in [6.45, 7) is 4.24. The number of nitrogens with one attached hydrogen (secondary N) is 3. The van der Waals surface area contributed by atoms with Gasteiger partial charge in [0.1, 0.15) is 10.9 Å². The number of rotatable bonds is 11. The highest BCUT2D eigenvalue weighted by molar-refractivity contribution is 14.1. The Labute approximate surface area is 293 Å². The second-order valence-corrected chi connectivity index (χ2v) is 13.5. The largest absolute Gasteiger partial charge is 0.325 e. The summed E-state index contributed by atoms with van der Waals surface area (Å²) in [5.74, 6) is -0.597. The van der Waals surface area contributed by atoms with Crippen LogP contribution in [0.4, 0.5) is 11.4 Å². The van der Waals surface area contributed by atoms with E-state index in [9.17, 15) is 14.4 Å². The predicted octanol–water partition coefficient (Wildman–Crippen LogP) is 9.30. The molecule has 0 fully saturated rings. The Morgan fingerprint density at radius 1 is 0.660 bits per heavy atom. The Morgan fingerprint density at radius 3 is 1.85 bits per heavy atom. The minimum Gasteiger partial charge on any atom is -0.325 e. The van der Waals surface area contributed by atoms with Gasteiger partial charge in [-0.2, -0.15) is 0 Å². The molecule has 0 heterocycles. The fraction of sp³-hybridized carbons (Fsp3) is 0.103. The minimum absolute atomic E-state index is 0.117. The van der Waals surface area contributed by atoms with Crippen LogP contribution < -0.4 is 16.0 Å². The van der Waals surface area contributed by atoms with Crippen LogP contribution in [0.25, 0.3) is 6.08 Å². The second kappa shape index (κ2) is 16.2. The summed E-state index contributed by atoms with van der Waals surface area (Å²) in [5, 5.41) is 8.23. The first-order chi connectivity index (χ1) is 22.7. The lowest BCUT2D eigenvalue weighted by atomic mass is 10.0. The van der Waals surface area contributed by atoms with Crippen LogP contribution in [0, 0.1) is 3.57 Å². The average Bonchev–Trinajstić information content (AvgIpc) is 3.09. The Hall–Kier alpha value is -4.67. The molecule has 0 saturated carbocycles. The molecule has 0 aliphatic heterocycles. The molecule has 0 aromatic heterocycles. The molecule has 0 aliphatic rings. The van der Waals surface area contributed by atoms with E-state index in [1.165, 1.54) is 17.3 Å². The third-order valence-corrected chi connectivity index (χ3v) is 9.25. The normalized spacial score (nSPS) is 11.9. The van der Waals surface area contributed by atoms with E-state index in [-0.39, 0.29) is 17.5 Å². The second-order valence-electron chi connectivity index (χ2n) is 11.1. The standard InChI is InChI=1S/C39H34IN3O3S/c1-26(2)28-15-13-27(14-16-28)25-35(43-37(44)30-11-7-4-8-12-30)38(45)41-33-21-23-34(24-22-33)47-36(29-9-5-3-6-10-29)39(46)42-32-19-17-31(40)18-20-32/h3-26,36H,1-2H3,(H,41,45)(H,42,46)(H,43,44)/b35-25-. The zero-order valence-corrected chi connectivity index (χ0v) is 28.9. The molecule has 5 aromatic rings. The Morgan fingerprint density at radius 2 is 1.23 bits per heavy atom. The van der Waals surface area contributed by atoms with E-state index in [1.54, 1.807) is 42.5 Å². The van der Waals surface area contributed by atoms with E-state index < -0.39 is 11.2 Å². The fourth-order valence-electron chi connectivity index (χ4n) is 4.68. The zero-order chi connectivity index (χ0) is 33.2. The summed E-state index contributed by atoms with van der Waals surface area (Å²) in [7, 11) is 0. The minimum atomic E-state index is -0.499. The molecule has 6 nitrogen and oxygen atoms in total. The first kappa shape index (κ1) is 33.7. The number of thioether (sulfide) groups is 1. The van der Waals surface area contributed by atoms with Crippen molar-refractivity contribution in [2.24, 2.45) is 0 Å². The smallest absolute Gasteiger partial charge is 0.272 e.